The summed E-state index contributed by atoms with van der Waals surface area (Å²) in [4.78, 5) is 0. The molecule has 2 aromatic heterocycles. The van der Waals surface area contributed by atoms with Crippen molar-refractivity contribution in [1.82, 2.24) is 24.9 Å². The average Bonchev–Trinajstić information content (AvgIpc) is 3.22. The Morgan fingerprint density at radius 2 is 1.96 bits per heavy atom. The minimum absolute atomic E-state index is 0.529. The Hall–Kier alpha value is -2.09. The Balaban J connectivity index is 1.66. The monoisotopic (exact) mass is 436 g/mol. The van der Waals surface area contributed by atoms with Gasteiger partial charge in [-0.05, 0) is 56.8 Å². The summed E-state index contributed by atoms with van der Waals surface area (Å²) in [7, 11) is 0. The molecule has 148 valence electrons. The molecule has 0 bridgehead atoms. The lowest BCUT2D eigenvalue weighted by Gasteiger charge is -2.11. The van der Waals surface area contributed by atoms with Gasteiger partial charge in [-0.3, -0.25) is 9.36 Å². The van der Waals surface area contributed by atoms with Gasteiger partial charge in [0, 0.05) is 22.8 Å². The molecule has 0 aliphatic heterocycles. The minimum atomic E-state index is 0.529. The van der Waals surface area contributed by atoms with E-state index in [4.69, 9.17) is 35.4 Å². The number of nitrogens with one attached hydrogen (secondary N) is 2. The molecule has 28 heavy (non-hydrogen) atoms. The van der Waals surface area contributed by atoms with Crippen LogP contribution >= 0.6 is 35.4 Å². The number of aromatic nitrogens is 4. The van der Waals surface area contributed by atoms with Crippen LogP contribution in [-0.2, 0) is 19.6 Å². The van der Waals surface area contributed by atoms with Crippen molar-refractivity contribution < 1.29 is 0 Å². The molecule has 3 aromatic rings. The number of hydrogen-bond donors (Lipinski definition) is 2. The molecule has 0 saturated heterocycles. The van der Waals surface area contributed by atoms with Gasteiger partial charge in [0.15, 0.2) is 5.11 Å². The topological polar surface area (TPSA) is 59.7 Å². The predicted octanol–water partition coefficient (Wildman–Crippen LogP) is 4.56. The zero-order valence-electron chi connectivity index (χ0n) is 16.0. The van der Waals surface area contributed by atoms with Crippen molar-refractivity contribution in [1.29, 1.82) is 0 Å². The van der Waals surface area contributed by atoms with E-state index in [9.17, 15) is 0 Å². The number of benzene rings is 1. The number of anilines is 1. The SMILES string of the molecule is CCn1ccc(CNC(=S)Nc2c(C)nn(Cc3ccc(Cl)cc3Cl)c2C)n1. The second-order valence-electron chi connectivity index (χ2n) is 6.41. The number of thiocarbonyl (C=S) groups is 1. The van der Waals surface area contributed by atoms with Gasteiger partial charge in [-0.2, -0.15) is 10.2 Å². The second-order valence-corrected chi connectivity index (χ2v) is 7.66. The molecule has 0 radical (unpaired) electrons. The standard InChI is InChI=1S/C19H22Cl2N6S/c1-4-26-8-7-16(25-26)10-22-19(28)23-18-12(2)24-27(13(18)3)11-14-5-6-15(20)9-17(14)21/h5-9H,4,10-11H2,1-3H3,(H2,22,23,28). The summed E-state index contributed by atoms with van der Waals surface area (Å²) in [5.41, 5.74) is 4.62. The Morgan fingerprint density at radius 1 is 1.18 bits per heavy atom. The normalized spacial score (nSPS) is 10.9. The van der Waals surface area contributed by atoms with Gasteiger partial charge in [-0.25, -0.2) is 0 Å². The molecular weight excluding hydrogens is 415 g/mol. The summed E-state index contributed by atoms with van der Waals surface area (Å²) >= 11 is 17.7. The zero-order chi connectivity index (χ0) is 20.3. The van der Waals surface area contributed by atoms with Gasteiger partial charge >= 0.3 is 0 Å². The molecule has 0 spiro atoms. The fraction of sp³-hybridized carbons (Fsp3) is 0.316. The second kappa shape index (κ2) is 8.94. The molecule has 0 fully saturated rings. The average molecular weight is 437 g/mol. The lowest BCUT2D eigenvalue weighted by molar-refractivity contribution is 0.643. The van der Waals surface area contributed by atoms with Crippen LogP contribution in [0.2, 0.25) is 10.0 Å². The quantitative estimate of drug-likeness (QED) is 0.554. The smallest absolute Gasteiger partial charge is 0.171 e. The summed E-state index contributed by atoms with van der Waals surface area (Å²) in [5, 5.41) is 17.3. The van der Waals surface area contributed by atoms with E-state index >= 15 is 0 Å². The number of nitrogens with zero attached hydrogens (tertiary/aromatic N) is 4. The van der Waals surface area contributed by atoms with Crippen molar-refractivity contribution in [2.24, 2.45) is 0 Å². The number of halogens is 2. The van der Waals surface area contributed by atoms with Crippen LogP contribution in [0.1, 0.15) is 29.6 Å². The van der Waals surface area contributed by atoms with E-state index in [2.05, 4.69) is 27.8 Å². The van der Waals surface area contributed by atoms with Crippen LogP contribution in [0.5, 0.6) is 0 Å². The molecular formula is C19H22Cl2N6S. The molecule has 0 aliphatic rings. The molecule has 3 rings (SSSR count). The van der Waals surface area contributed by atoms with Gasteiger partial charge in [-0.15, -0.1) is 0 Å². The maximum Gasteiger partial charge on any atom is 0.171 e. The van der Waals surface area contributed by atoms with Gasteiger partial charge in [0.25, 0.3) is 0 Å². The van der Waals surface area contributed by atoms with E-state index in [-0.39, 0.29) is 0 Å². The van der Waals surface area contributed by atoms with Gasteiger partial charge in [0.1, 0.15) is 0 Å². The first kappa shape index (κ1) is 20.6. The van der Waals surface area contributed by atoms with Crippen LogP contribution in [0.3, 0.4) is 0 Å². The van der Waals surface area contributed by atoms with E-state index in [1.165, 1.54) is 0 Å². The Kier molecular flexibility index (Phi) is 6.59. The Bertz CT molecular complexity index is 994. The third-order valence-corrected chi connectivity index (χ3v) is 5.24. The molecule has 0 unspecified atom stereocenters. The maximum atomic E-state index is 6.29. The molecule has 2 heterocycles. The van der Waals surface area contributed by atoms with Crippen molar-refractivity contribution >= 4 is 46.2 Å². The molecule has 1 aromatic carbocycles. The zero-order valence-corrected chi connectivity index (χ0v) is 18.3. The van der Waals surface area contributed by atoms with E-state index in [0.29, 0.717) is 28.2 Å². The van der Waals surface area contributed by atoms with Crippen molar-refractivity contribution in [3.63, 3.8) is 0 Å². The molecule has 0 atom stereocenters. The highest BCUT2D eigenvalue weighted by Gasteiger charge is 2.14. The van der Waals surface area contributed by atoms with Crippen LogP contribution < -0.4 is 10.6 Å². The van der Waals surface area contributed by atoms with E-state index in [1.807, 2.05) is 47.6 Å². The summed E-state index contributed by atoms with van der Waals surface area (Å²) in [6, 6.07) is 7.45. The first-order valence-corrected chi connectivity index (χ1v) is 10.1. The van der Waals surface area contributed by atoms with E-state index in [1.54, 1.807) is 6.07 Å². The number of aryl methyl sites for hydroxylation is 2. The highest BCUT2D eigenvalue weighted by atomic mass is 35.5. The van der Waals surface area contributed by atoms with Gasteiger partial charge < -0.3 is 10.6 Å². The molecule has 9 heteroatoms. The van der Waals surface area contributed by atoms with Crippen molar-refractivity contribution in [3.05, 3.63) is 63.2 Å². The Labute approximate surface area is 179 Å². The highest BCUT2D eigenvalue weighted by molar-refractivity contribution is 7.80. The van der Waals surface area contributed by atoms with Crippen LogP contribution in [0.15, 0.2) is 30.5 Å². The summed E-state index contributed by atoms with van der Waals surface area (Å²) in [6.45, 7) is 7.96. The van der Waals surface area contributed by atoms with E-state index in [0.717, 1.165) is 34.9 Å². The van der Waals surface area contributed by atoms with E-state index < -0.39 is 0 Å². The number of rotatable bonds is 6. The first-order valence-electron chi connectivity index (χ1n) is 8.92. The summed E-state index contributed by atoms with van der Waals surface area (Å²) < 4.78 is 3.78. The lowest BCUT2D eigenvalue weighted by atomic mass is 10.2. The third kappa shape index (κ3) is 4.84. The largest absolute Gasteiger partial charge is 0.357 e. The Morgan fingerprint density at radius 3 is 2.64 bits per heavy atom. The summed E-state index contributed by atoms with van der Waals surface area (Å²) in [5.74, 6) is 0. The number of hydrogen-bond acceptors (Lipinski definition) is 3. The minimum Gasteiger partial charge on any atom is -0.357 e. The van der Waals surface area contributed by atoms with Crippen LogP contribution in [0.4, 0.5) is 5.69 Å². The summed E-state index contributed by atoms with van der Waals surface area (Å²) in [6.07, 6.45) is 1.95. The fourth-order valence-electron chi connectivity index (χ4n) is 2.85. The highest BCUT2D eigenvalue weighted by Crippen LogP contribution is 2.25. The van der Waals surface area contributed by atoms with Crippen molar-refractivity contribution in [2.75, 3.05) is 5.32 Å². The molecule has 0 amide bonds. The molecule has 6 nitrogen and oxygen atoms in total. The van der Waals surface area contributed by atoms with Gasteiger partial charge in [0.05, 0.1) is 35.9 Å². The van der Waals surface area contributed by atoms with Crippen LogP contribution in [0.25, 0.3) is 0 Å². The molecule has 0 aliphatic carbocycles. The molecule has 0 saturated carbocycles. The predicted molar refractivity (Wildman–Crippen MR) is 118 cm³/mol. The van der Waals surface area contributed by atoms with Crippen molar-refractivity contribution in [2.45, 2.75) is 40.4 Å². The third-order valence-electron chi connectivity index (χ3n) is 4.41. The molecule has 2 N–H and O–H groups in total. The van der Waals surface area contributed by atoms with Crippen LogP contribution in [-0.4, -0.2) is 24.7 Å². The van der Waals surface area contributed by atoms with Gasteiger partial charge in [-0.1, -0.05) is 29.3 Å². The fourth-order valence-corrected chi connectivity index (χ4v) is 3.49. The maximum absolute atomic E-state index is 6.29. The van der Waals surface area contributed by atoms with Gasteiger partial charge in [0.2, 0.25) is 0 Å². The van der Waals surface area contributed by atoms with Crippen LogP contribution in [0, 0.1) is 13.8 Å². The first-order chi connectivity index (χ1) is 13.4. The van der Waals surface area contributed by atoms with Crippen molar-refractivity contribution in [3.8, 4) is 0 Å². The lowest BCUT2D eigenvalue weighted by Crippen LogP contribution is -2.28.